The van der Waals surface area contributed by atoms with Crippen LogP contribution in [0.5, 0.6) is 0 Å². The highest BCUT2D eigenvalue weighted by Gasteiger charge is 2.27. The highest BCUT2D eigenvalue weighted by Crippen LogP contribution is 2.17. The van der Waals surface area contributed by atoms with E-state index in [4.69, 9.17) is 10.4 Å². The summed E-state index contributed by atoms with van der Waals surface area (Å²) in [6.07, 6.45) is 1.05. The summed E-state index contributed by atoms with van der Waals surface area (Å²) in [5.74, 6) is -1.18. The second kappa shape index (κ2) is 7.10. The number of amides is 1. The molecule has 6 heteroatoms. The van der Waals surface area contributed by atoms with E-state index in [0.29, 0.717) is 32.5 Å². The summed E-state index contributed by atoms with van der Waals surface area (Å²) in [4.78, 5) is 26.4. The normalized spacial score (nSPS) is 18.1. The van der Waals surface area contributed by atoms with E-state index in [0.717, 1.165) is 0 Å². The summed E-state index contributed by atoms with van der Waals surface area (Å²) >= 11 is 0. The van der Waals surface area contributed by atoms with Crippen LogP contribution in [-0.2, 0) is 9.59 Å². The van der Waals surface area contributed by atoms with Gasteiger partial charge in [0, 0.05) is 19.6 Å². The van der Waals surface area contributed by atoms with Gasteiger partial charge in [-0.3, -0.25) is 14.5 Å². The number of likely N-dealkylation sites (tertiary alicyclic amines) is 1. The first-order valence-corrected chi connectivity index (χ1v) is 6.52. The van der Waals surface area contributed by atoms with Crippen LogP contribution in [-0.4, -0.2) is 60.0 Å². The van der Waals surface area contributed by atoms with Crippen molar-refractivity contribution in [3.05, 3.63) is 0 Å². The van der Waals surface area contributed by atoms with E-state index in [1.165, 1.54) is 0 Å². The van der Waals surface area contributed by atoms with Gasteiger partial charge in [0.1, 0.15) is 0 Å². The van der Waals surface area contributed by atoms with Crippen molar-refractivity contribution in [3.8, 4) is 6.07 Å². The summed E-state index contributed by atoms with van der Waals surface area (Å²) in [5, 5.41) is 17.6. The van der Waals surface area contributed by atoms with Gasteiger partial charge in [-0.1, -0.05) is 0 Å². The number of hydrogen-bond acceptors (Lipinski definition) is 4. The summed E-state index contributed by atoms with van der Waals surface area (Å²) < 4.78 is 0. The second-order valence-corrected chi connectivity index (χ2v) is 5.22. The molecule has 0 bridgehead atoms. The van der Waals surface area contributed by atoms with E-state index in [2.05, 4.69) is 6.07 Å². The summed E-state index contributed by atoms with van der Waals surface area (Å²) in [6, 6.07) is 2.14. The number of nitrogens with zero attached hydrogens (tertiary/aromatic N) is 3. The predicted octanol–water partition coefficient (Wildman–Crippen LogP) is 0.401. The number of carbonyl (C=O) groups excluding carboxylic acids is 1. The molecule has 0 aliphatic carbocycles. The molecule has 0 spiro atoms. The fourth-order valence-corrected chi connectivity index (χ4v) is 2.28. The van der Waals surface area contributed by atoms with Gasteiger partial charge in [-0.25, -0.2) is 0 Å². The molecule has 19 heavy (non-hydrogen) atoms. The largest absolute Gasteiger partial charge is 0.481 e. The molecular weight excluding hydrogens is 246 g/mol. The van der Waals surface area contributed by atoms with Crippen LogP contribution in [0.4, 0.5) is 0 Å². The van der Waals surface area contributed by atoms with Crippen LogP contribution in [0.25, 0.3) is 0 Å². The molecule has 0 aromatic heterocycles. The Balaban J connectivity index is 2.35. The van der Waals surface area contributed by atoms with Crippen LogP contribution in [0.3, 0.4) is 0 Å². The lowest BCUT2D eigenvalue weighted by atomic mass is 9.97. The Morgan fingerprint density at radius 2 is 2.05 bits per heavy atom. The van der Waals surface area contributed by atoms with Crippen molar-refractivity contribution in [1.82, 2.24) is 9.80 Å². The number of carbonyl (C=O) groups is 2. The van der Waals surface area contributed by atoms with Crippen LogP contribution in [0.1, 0.15) is 19.8 Å². The van der Waals surface area contributed by atoms with E-state index in [-0.39, 0.29) is 24.3 Å². The predicted molar refractivity (Wildman–Crippen MR) is 69.2 cm³/mol. The van der Waals surface area contributed by atoms with Crippen LogP contribution >= 0.6 is 0 Å². The monoisotopic (exact) mass is 267 g/mol. The van der Waals surface area contributed by atoms with Gasteiger partial charge in [0.25, 0.3) is 0 Å². The molecule has 1 unspecified atom stereocenters. The molecule has 1 atom stereocenters. The maximum absolute atomic E-state index is 12.0. The van der Waals surface area contributed by atoms with Crippen molar-refractivity contribution in [3.63, 3.8) is 0 Å². The Kier molecular flexibility index (Phi) is 5.77. The van der Waals surface area contributed by atoms with Crippen LogP contribution < -0.4 is 0 Å². The average molecular weight is 267 g/mol. The first-order chi connectivity index (χ1) is 8.93. The van der Waals surface area contributed by atoms with E-state index in [1.54, 1.807) is 4.90 Å². The van der Waals surface area contributed by atoms with Crippen molar-refractivity contribution in [2.24, 2.45) is 11.8 Å². The zero-order valence-electron chi connectivity index (χ0n) is 11.5. The van der Waals surface area contributed by atoms with Crippen molar-refractivity contribution in [1.29, 1.82) is 5.26 Å². The zero-order chi connectivity index (χ0) is 14.4. The molecule has 1 amide bonds. The lowest BCUT2D eigenvalue weighted by molar-refractivity contribution is -0.145. The highest BCUT2D eigenvalue weighted by molar-refractivity contribution is 5.78. The maximum Gasteiger partial charge on any atom is 0.306 e. The molecule has 0 aromatic rings. The molecule has 1 heterocycles. The van der Waals surface area contributed by atoms with Gasteiger partial charge in [0.05, 0.1) is 24.4 Å². The third-order valence-corrected chi connectivity index (χ3v) is 3.41. The molecule has 0 saturated carbocycles. The average Bonchev–Trinajstić information content (AvgIpc) is 2.38. The van der Waals surface area contributed by atoms with Gasteiger partial charge in [-0.15, -0.1) is 0 Å². The van der Waals surface area contributed by atoms with Gasteiger partial charge < -0.3 is 10.0 Å². The Hall–Kier alpha value is -1.61. The molecule has 106 valence electrons. The Labute approximate surface area is 113 Å². The molecule has 1 aliphatic heterocycles. The molecule has 0 radical (unpaired) electrons. The molecule has 1 N–H and O–H groups in total. The summed E-state index contributed by atoms with van der Waals surface area (Å²) in [6.45, 7) is 3.69. The standard InChI is InChI=1S/C13H21N3O3/c1-10(7-14)8-15(2)9-12(17)16-5-3-11(4-6-16)13(18)19/h10-11H,3-6,8-9H2,1-2H3,(H,18,19). The summed E-state index contributed by atoms with van der Waals surface area (Å²) in [7, 11) is 1.82. The maximum atomic E-state index is 12.0. The molecule has 1 rings (SSSR count). The van der Waals surface area contributed by atoms with Gasteiger partial charge in [0.15, 0.2) is 0 Å². The third-order valence-electron chi connectivity index (χ3n) is 3.41. The molecular formula is C13H21N3O3. The van der Waals surface area contributed by atoms with Crippen LogP contribution in [0.2, 0.25) is 0 Å². The van der Waals surface area contributed by atoms with Gasteiger partial charge in [0.2, 0.25) is 5.91 Å². The van der Waals surface area contributed by atoms with Gasteiger partial charge in [-0.2, -0.15) is 5.26 Å². The first-order valence-electron chi connectivity index (χ1n) is 6.52. The quantitative estimate of drug-likeness (QED) is 0.779. The van der Waals surface area contributed by atoms with E-state index in [9.17, 15) is 9.59 Å². The van der Waals surface area contributed by atoms with E-state index < -0.39 is 5.97 Å². The number of rotatable bonds is 5. The topological polar surface area (TPSA) is 84.6 Å². The van der Waals surface area contributed by atoms with Crippen LogP contribution in [0.15, 0.2) is 0 Å². The minimum atomic E-state index is -0.771. The number of carboxylic acid groups (broad SMARTS) is 1. The van der Waals surface area contributed by atoms with Gasteiger partial charge in [-0.05, 0) is 26.8 Å². The molecule has 1 saturated heterocycles. The molecule has 6 nitrogen and oxygen atoms in total. The SMILES string of the molecule is CC(C#N)CN(C)CC(=O)N1CCC(C(=O)O)CC1. The Morgan fingerprint density at radius 3 is 2.53 bits per heavy atom. The van der Waals surface area contributed by atoms with E-state index in [1.807, 2.05) is 18.9 Å². The fraction of sp³-hybridized carbons (Fsp3) is 0.769. The first kappa shape index (κ1) is 15.4. The second-order valence-electron chi connectivity index (χ2n) is 5.22. The number of carboxylic acids is 1. The van der Waals surface area contributed by atoms with Crippen molar-refractivity contribution < 1.29 is 14.7 Å². The number of likely N-dealkylation sites (N-methyl/N-ethyl adjacent to an activating group) is 1. The number of nitriles is 1. The lowest BCUT2D eigenvalue weighted by Crippen LogP contribution is -2.44. The minimum absolute atomic E-state index is 0.0106. The molecule has 0 aromatic carbocycles. The molecule has 1 fully saturated rings. The van der Waals surface area contributed by atoms with Crippen molar-refractivity contribution in [2.45, 2.75) is 19.8 Å². The Morgan fingerprint density at radius 1 is 1.47 bits per heavy atom. The fourth-order valence-electron chi connectivity index (χ4n) is 2.28. The number of aliphatic carboxylic acids is 1. The number of hydrogen-bond donors (Lipinski definition) is 1. The molecule has 1 aliphatic rings. The summed E-state index contributed by atoms with van der Waals surface area (Å²) in [5.41, 5.74) is 0. The van der Waals surface area contributed by atoms with Crippen molar-refractivity contribution >= 4 is 11.9 Å². The highest BCUT2D eigenvalue weighted by atomic mass is 16.4. The van der Waals surface area contributed by atoms with Gasteiger partial charge >= 0.3 is 5.97 Å². The third kappa shape index (κ3) is 4.87. The number of piperidine rings is 1. The Bertz CT molecular complexity index is 370. The smallest absolute Gasteiger partial charge is 0.306 e. The van der Waals surface area contributed by atoms with E-state index >= 15 is 0 Å². The van der Waals surface area contributed by atoms with Crippen molar-refractivity contribution in [2.75, 3.05) is 33.2 Å². The lowest BCUT2D eigenvalue weighted by Gasteiger charge is -2.31. The van der Waals surface area contributed by atoms with Crippen LogP contribution in [0, 0.1) is 23.2 Å². The minimum Gasteiger partial charge on any atom is -0.481 e. The zero-order valence-corrected chi connectivity index (χ0v) is 11.5.